The quantitative estimate of drug-likeness (QED) is 0.756. The number of nitrogens with one attached hydrogen (secondary N) is 1. The Morgan fingerprint density at radius 3 is 3.06 bits per heavy atom. The largest absolute Gasteiger partial charge is 0.494 e. The molecule has 1 N–H and O–H groups in total. The zero-order valence-electron chi connectivity index (χ0n) is 10.2. The number of rotatable bonds is 3. The number of ether oxygens (including phenoxy) is 1. The van der Waals surface area contributed by atoms with Crippen LogP contribution in [0.25, 0.3) is 22.2 Å². The highest BCUT2D eigenvalue weighted by molar-refractivity contribution is 5.92. The second-order valence-corrected chi connectivity index (χ2v) is 4.06. The van der Waals surface area contributed by atoms with Gasteiger partial charge >= 0.3 is 0 Å². The molecule has 18 heavy (non-hydrogen) atoms. The standard InChI is InChI=1S/C15H14N2O/c1-2-18-12-5-3-4-11(10-12)13-6-8-16-15-14(13)7-9-17-15/h3-10H,2H2,1H3,(H,16,17). The number of aromatic nitrogens is 2. The second-order valence-electron chi connectivity index (χ2n) is 4.06. The van der Waals surface area contributed by atoms with Gasteiger partial charge in [0.05, 0.1) is 6.61 Å². The smallest absolute Gasteiger partial charge is 0.137 e. The van der Waals surface area contributed by atoms with Crippen molar-refractivity contribution in [2.75, 3.05) is 6.61 Å². The third-order valence-corrected chi connectivity index (χ3v) is 2.92. The van der Waals surface area contributed by atoms with Crippen molar-refractivity contribution in [3.8, 4) is 16.9 Å². The zero-order chi connectivity index (χ0) is 12.4. The van der Waals surface area contributed by atoms with Crippen LogP contribution in [0.2, 0.25) is 0 Å². The summed E-state index contributed by atoms with van der Waals surface area (Å²) in [5.74, 6) is 0.899. The van der Waals surface area contributed by atoms with Gasteiger partial charge in [0, 0.05) is 17.8 Å². The Hall–Kier alpha value is -2.29. The number of H-pyrrole nitrogens is 1. The van der Waals surface area contributed by atoms with Crippen molar-refractivity contribution in [1.29, 1.82) is 0 Å². The summed E-state index contributed by atoms with van der Waals surface area (Å²) in [5, 5.41) is 1.13. The number of nitrogens with zero attached hydrogens (tertiary/aromatic N) is 1. The first-order valence-electron chi connectivity index (χ1n) is 6.04. The van der Waals surface area contributed by atoms with Crippen molar-refractivity contribution >= 4 is 11.0 Å². The van der Waals surface area contributed by atoms with Crippen LogP contribution < -0.4 is 4.74 Å². The fraction of sp³-hybridized carbons (Fsp3) is 0.133. The normalized spacial score (nSPS) is 10.7. The molecule has 3 nitrogen and oxygen atoms in total. The van der Waals surface area contributed by atoms with Gasteiger partial charge in [-0.25, -0.2) is 4.98 Å². The van der Waals surface area contributed by atoms with Crippen molar-refractivity contribution in [3.63, 3.8) is 0 Å². The second kappa shape index (κ2) is 4.53. The van der Waals surface area contributed by atoms with E-state index in [0.29, 0.717) is 6.61 Å². The molecule has 0 unspecified atom stereocenters. The number of aromatic amines is 1. The Bertz CT molecular complexity index is 673. The van der Waals surface area contributed by atoms with Crippen LogP contribution >= 0.6 is 0 Å². The molecule has 0 aliphatic carbocycles. The molecule has 0 aliphatic rings. The molecule has 3 aromatic rings. The van der Waals surface area contributed by atoms with Gasteiger partial charge in [-0.2, -0.15) is 0 Å². The molecule has 0 amide bonds. The van der Waals surface area contributed by atoms with E-state index in [2.05, 4.69) is 22.1 Å². The summed E-state index contributed by atoms with van der Waals surface area (Å²) >= 11 is 0. The molecule has 0 saturated heterocycles. The van der Waals surface area contributed by atoms with E-state index < -0.39 is 0 Å². The van der Waals surface area contributed by atoms with E-state index in [-0.39, 0.29) is 0 Å². The molecule has 90 valence electrons. The lowest BCUT2D eigenvalue weighted by Gasteiger charge is -2.07. The number of pyridine rings is 1. The predicted octanol–water partition coefficient (Wildman–Crippen LogP) is 3.63. The first-order chi connectivity index (χ1) is 8.88. The van der Waals surface area contributed by atoms with Crippen LogP contribution in [0, 0.1) is 0 Å². The van der Waals surface area contributed by atoms with Crippen molar-refractivity contribution in [2.45, 2.75) is 6.92 Å². The first kappa shape index (κ1) is 10.8. The summed E-state index contributed by atoms with van der Waals surface area (Å²) in [6, 6.07) is 12.2. The molecule has 1 aromatic carbocycles. The van der Waals surface area contributed by atoms with Gasteiger partial charge in [-0.1, -0.05) is 12.1 Å². The van der Waals surface area contributed by atoms with Crippen LogP contribution in [-0.2, 0) is 0 Å². The summed E-state index contributed by atoms with van der Waals surface area (Å²) in [6.45, 7) is 2.67. The Labute approximate surface area is 105 Å². The molecule has 0 atom stereocenters. The van der Waals surface area contributed by atoms with Gasteiger partial charge in [0.25, 0.3) is 0 Å². The molecular formula is C15H14N2O. The van der Waals surface area contributed by atoms with Gasteiger partial charge in [-0.15, -0.1) is 0 Å². The van der Waals surface area contributed by atoms with Crippen LogP contribution in [0.4, 0.5) is 0 Å². The van der Waals surface area contributed by atoms with Crippen molar-refractivity contribution in [1.82, 2.24) is 9.97 Å². The Morgan fingerprint density at radius 1 is 1.22 bits per heavy atom. The van der Waals surface area contributed by atoms with Crippen LogP contribution in [0.1, 0.15) is 6.92 Å². The zero-order valence-corrected chi connectivity index (χ0v) is 10.2. The van der Waals surface area contributed by atoms with E-state index in [4.69, 9.17) is 4.74 Å². The fourth-order valence-electron chi connectivity index (χ4n) is 2.13. The molecule has 0 bridgehead atoms. The lowest BCUT2D eigenvalue weighted by molar-refractivity contribution is 0.340. The monoisotopic (exact) mass is 238 g/mol. The molecule has 0 fully saturated rings. The van der Waals surface area contributed by atoms with Crippen molar-refractivity contribution in [2.24, 2.45) is 0 Å². The third-order valence-electron chi connectivity index (χ3n) is 2.92. The average molecular weight is 238 g/mol. The van der Waals surface area contributed by atoms with E-state index in [9.17, 15) is 0 Å². The van der Waals surface area contributed by atoms with E-state index in [0.717, 1.165) is 22.3 Å². The topological polar surface area (TPSA) is 37.9 Å². The number of hydrogen-bond acceptors (Lipinski definition) is 2. The van der Waals surface area contributed by atoms with Crippen LogP contribution in [0.3, 0.4) is 0 Å². The lowest BCUT2D eigenvalue weighted by atomic mass is 10.0. The lowest BCUT2D eigenvalue weighted by Crippen LogP contribution is -1.91. The van der Waals surface area contributed by atoms with E-state index >= 15 is 0 Å². The fourth-order valence-corrected chi connectivity index (χ4v) is 2.13. The molecule has 0 radical (unpaired) electrons. The highest BCUT2D eigenvalue weighted by Gasteiger charge is 2.05. The Morgan fingerprint density at radius 2 is 2.17 bits per heavy atom. The van der Waals surface area contributed by atoms with E-state index in [1.807, 2.05) is 43.6 Å². The summed E-state index contributed by atoms with van der Waals surface area (Å²) in [7, 11) is 0. The van der Waals surface area contributed by atoms with Gasteiger partial charge < -0.3 is 9.72 Å². The molecule has 0 aliphatic heterocycles. The van der Waals surface area contributed by atoms with Crippen LogP contribution in [-0.4, -0.2) is 16.6 Å². The van der Waals surface area contributed by atoms with Crippen molar-refractivity contribution < 1.29 is 4.74 Å². The minimum atomic E-state index is 0.680. The van der Waals surface area contributed by atoms with Gasteiger partial charge in [-0.05, 0) is 42.3 Å². The highest BCUT2D eigenvalue weighted by Crippen LogP contribution is 2.29. The van der Waals surface area contributed by atoms with E-state index in [1.54, 1.807) is 0 Å². The SMILES string of the molecule is CCOc1cccc(-c2ccnc3[nH]ccc23)c1. The molecule has 3 rings (SSSR count). The summed E-state index contributed by atoms with van der Waals surface area (Å²) in [4.78, 5) is 7.43. The molecule has 0 spiro atoms. The van der Waals surface area contributed by atoms with Crippen molar-refractivity contribution in [3.05, 3.63) is 48.8 Å². The molecule has 2 heterocycles. The maximum absolute atomic E-state index is 5.54. The van der Waals surface area contributed by atoms with Gasteiger partial charge in [0.2, 0.25) is 0 Å². The minimum Gasteiger partial charge on any atom is -0.494 e. The molecule has 0 saturated carbocycles. The maximum Gasteiger partial charge on any atom is 0.137 e. The molecule has 2 aromatic heterocycles. The first-order valence-corrected chi connectivity index (χ1v) is 6.04. The summed E-state index contributed by atoms with van der Waals surface area (Å²) in [5.41, 5.74) is 3.23. The number of fused-ring (bicyclic) bond motifs is 1. The third kappa shape index (κ3) is 1.84. The van der Waals surface area contributed by atoms with Gasteiger partial charge in [0.15, 0.2) is 0 Å². The van der Waals surface area contributed by atoms with Gasteiger partial charge in [0.1, 0.15) is 11.4 Å². The number of hydrogen-bond donors (Lipinski definition) is 1. The van der Waals surface area contributed by atoms with Crippen LogP contribution in [0.5, 0.6) is 5.75 Å². The summed E-state index contributed by atoms with van der Waals surface area (Å²) < 4.78 is 5.54. The predicted molar refractivity (Wildman–Crippen MR) is 72.7 cm³/mol. The Kier molecular flexibility index (Phi) is 2.73. The highest BCUT2D eigenvalue weighted by atomic mass is 16.5. The average Bonchev–Trinajstić information content (AvgIpc) is 2.87. The van der Waals surface area contributed by atoms with E-state index in [1.165, 1.54) is 5.56 Å². The van der Waals surface area contributed by atoms with Gasteiger partial charge in [-0.3, -0.25) is 0 Å². The molecular weight excluding hydrogens is 224 g/mol. The van der Waals surface area contributed by atoms with Crippen LogP contribution in [0.15, 0.2) is 48.8 Å². The minimum absolute atomic E-state index is 0.680. The molecule has 3 heteroatoms. The Balaban J connectivity index is 2.13. The number of benzene rings is 1. The maximum atomic E-state index is 5.54. The summed E-state index contributed by atoms with van der Waals surface area (Å²) in [6.07, 6.45) is 3.73.